The lowest BCUT2D eigenvalue weighted by Gasteiger charge is -1.99. The Labute approximate surface area is 77.1 Å². The minimum absolute atomic E-state index is 0.874. The third kappa shape index (κ3) is 1.80. The molecule has 0 aliphatic rings. The van der Waals surface area contributed by atoms with E-state index in [4.69, 9.17) is 0 Å². The third-order valence-corrected chi connectivity index (χ3v) is 2.35. The number of nitrogens with zero attached hydrogens (tertiary/aromatic N) is 1. The van der Waals surface area contributed by atoms with Gasteiger partial charge >= 0.3 is 0 Å². The van der Waals surface area contributed by atoms with E-state index >= 15 is 0 Å². The Kier molecular flexibility index (Phi) is 2.86. The van der Waals surface area contributed by atoms with Gasteiger partial charge in [-0.3, -0.25) is 0 Å². The highest BCUT2D eigenvalue weighted by atomic mass is 79.9. The summed E-state index contributed by atoms with van der Waals surface area (Å²) in [4.78, 5) is 4.23. The van der Waals surface area contributed by atoms with Crippen LogP contribution in [0.5, 0.6) is 0 Å². The molecule has 0 bridgehead atoms. The molecule has 0 spiro atoms. The van der Waals surface area contributed by atoms with E-state index in [1.54, 1.807) is 0 Å². The van der Waals surface area contributed by atoms with Crippen LogP contribution in [-0.2, 0) is 5.33 Å². The number of halogens is 2. The summed E-state index contributed by atoms with van der Waals surface area (Å²) in [5, 5.41) is 0.874. The molecular weight excluding hydrogens is 258 g/mol. The molecule has 1 aromatic heterocycles. The van der Waals surface area contributed by atoms with Gasteiger partial charge in [0.15, 0.2) is 0 Å². The summed E-state index contributed by atoms with van der Waals surface area (Å²) in [5.74, 6) is 0. The summed E-state index contributed by atoms with van der Waals surface area (Å²) in [7, 11) is 0. The van der Waals surface area contributed by atoms with E-state index in [0.29, 0.717) is 0 Å². The second-order valence-corrected chi connectivity index (χ2v) is 3.39. The molecule has 10 heavy (non-hydrogen) atoms. The summed E-state index contributed by atoms with van der Waals surface area (Å²) in [6, 6.07) is 4.00. The van der Waals surface area contributed by atoms with Crippen LogP contribution < -0.4 is 0 Å². The van der Waals surface area contributed by atoms with Crippen LogP contribution in [0.25, 0.3) is 0 Å². The quantitative estimate of drug-likeness (QED) is 0.561. The molecule has 0 amide bonds. The van der Waals surface area contributed by atoms with Gasteiger partial charge in [0, 0.05) is 11.0 Å². The first-order valence-corrected chi connectivity index (χ1v) is 4.83. The van der Waals surface area contributed by atoms with Crippen molar-refractivity contribution < 1.29 is 0 Å². The van der Waals surface area contributed by atoms with Crippen molar-refractivity contribution in [2.45, 2.75) is 12.3 Å². The first-order chi connectivity index (χ1) is 4.74. The molecule has 1 rings (SSSR count). The molecule has 0 aromatic carbocycles. The first kappa shape index (κ1) is 8.21. The van der Waals surface area contributed by atoms with Crippen LogP contribution in [0.1, 0.15) is 11.3 Å². The minimum Gasteiger partial charge on any atom is -0.246 e. The lowest BCUT2D eigenvalue weighted by molar-refractivity contribution is 1.12. The summed E-state index contributed by atoms with van der Waals surface area (Å²) in [5.41, 5.74) is 2.31. The van der Waals surface area contributed by atoms with Gasteiger partial charge in [-0.15, -0.1) is 0 Å². The van der Waals surface area contributed by atoms with Crippen LogP contribution in [0.4, 0.5) is 0 Å². The average Bonchev–Trinajstić information content (AvgIpc) is 1.88. The Morgan fingerprint density at radius 2 is 2.20 bits per heavy atom. The van der Waals surface area contributed by atoms with Gasteiger partial charge in [0.05, 0.1) is 0 Å². The van der Waals surface area contributed by atoms with Crippen molar-refractivity contribution in [3.63, 3.8) is 0 Å². The maximum Gasteiger partial charge on any atom is 0.106 e. The maximum absolute atomic E-state index is 4.23. The van der Waals surface area contributed by atoms with Crippen LogP contribution >= 0.6 is 31.9 Å². The Balaban J connectivity index is 3.07. The number of rotatable bonds is 1. The Morgan fingerprint density at radius 1 is 1.50 bits per heavy atom. The molecule has 1 nitrogen and oxygen atoms in total. The van der Waals surface area contributed by atoms with E-state index < -0.39 is 0 Å². The van der Waals surface area contributed by atoms with Crippen LogP contribution in [0, 0.1) is 6.92 Å². The van der Waals surface area contributed by atoms with E-state index in [-0.39, 0.29) is 0 Å². The minimum atomic E-state index is 0.874. The van der Waals surface area contributed by atoms with Crippen LogP contribution in [-0.4, -0.2) is 4.98 Å². The largest absolute Gasteiger partial charge is 0.246 e. The monoisotopic (exact) mass is 263 g/mol. The SMILES string of the molecule is Cc1nc(Br)ccc1CBr. The second kappa shape index (κ2) is 3.49. The number of aryl methyl sites for hydroxylation is 1. The van der Waals surface area contributed by atoms with Crippen molar-refractivity contribution in [3.05, 3.63) is 28.0 Å². The smallest absolute Gasteiger partial charge is 0.106 e. The van der Waals surface area contributed by atoms with E-state index in [1.165, 1.54) is 5.56 Å². The molecule has 0 N–H and O–H groups in total. The normalized spacial score (nSPS) is 9.90. The van der Waals surface area contributed by atoms with Crippen molar-refractivity contribution in [1.29, 1.82) is 0 Å². The van der Waals surface area contributed by atoms with E-state index in [2.05, 4.69) is 42.9 Å². The van der Waals surface area contributed by atoms with Crippen molar-refractivity contribution in [2.24, 2.45) is 0 Å². The van der Waals surface area contributed by atoms with Crippen LogP contribution in [0.15, 0.2) is 16.7 Å². The van der Waals surface area contributed by atoms with Crippen molar-refractivity contribution in [2.75, 3.05) is 0 Å². The third-order valence-electron chi connectivity index (χ3n) is 1.31. The number of alkyl halides is 1. The standard InChI is InChI=1S/C7H7Br2N/c1-5-6(4-8)2-3-7(9)10-5/h2-3H,4H2,1H3. The van der Waals surface area contributed by atoms with Gasteiger partial charge in [-0.1, -0.05) is 22.0 Å². The van der Waals surface area contributed by atoms with Gasteiger partial charge < -0.3 is 0 Å². The lowest BCUT2D eigenvalue weighted by atomic mass is 10.2. The predicted octanol–water partition coefficient (Wildman–Crippen LogP) is 3.05. The highest BCUT2D eigenvalue weighted by Gasteiger charge is 1.96. The van der Waals surface area contributed by atoms with Crippen LogP contribution in [0.2, 0.25) is 0 Å². The zero-order valence-electron chi connectivity index (χ0n) is 5.56. The molecule has 1 aromatic rings. The molecular formula is C7H7Br2N. The fourth-order valence-electron chi connectivity index (χ4n) is 0.700. The van der Waals surface area contributed by atoms with Gasteiger partial charge in [0.1, 0.15) is 4.60 Å². The van der Waals surface area contributed by atoms with Gasteiger partial charge in [-0.05, 0) is 34.5 Å². The van der Waals surface area contributed by atoms with Gasteiger partial charge in [0.2, 0.25) is 0 Å². The zero-order valence-corrected chi connectivity index (χ0v) is 8.74. The Hall–Kier alpha value is 0.110. The number of pyridine rings is 1. The molecule has 0 atom stereocenters. The average molecular weight is 265 g/mol. The Morgan fingerprint density at radius 3 is 2.70 bits per heavy atom. The molecule has 0 saturated carbocycles. The highest BCUT2D eigenvalue weighted by Crippen LogP contribution is 2.13. The predicted molar refractivity (Wildman–Crippen MR) is 49.3 cm³/mol. The van der Waals surface area contributed by atoms with Gasteiger partial charge in [0.25, 0.3) is 0 Å². The molecule has 0 saturated heterocycles. The molecule has 0 radical (unpaired) electrons. The van der Waals surface area contributed by atoms with Crippen molar-refractivity contribution in [3.8, 4) is 0 Å². The molecule has 1 heterocycles. The molecule has 0 unspecified atom stereocenters. The summed E-state index contributed by atoms with van der Waals surface area (Å²) >= 11 is 6.68. The topological polar surface area (TPSA) is 12.9 Å². The fourth-order valence-corrected chi connectivity index (χ4v) is 1.69. The van der Waals surface area contributed by atoms with Crippen molar-refractivity contribution in [1.82, 2.24) is 4.98 Å². The summed E-state index contributed by atoms with van der Waals surface area (Å²) in [6.45, 7) is 2.00. The number of hydrogen-bond donors (Lipinski definition) is 0. The summed E-state index contributed by atoms with van der Waals surface area (Å²) < 4.78 is 0.898. The molecule has 0 aliphatic heterocycles. The molecule has 54 valence electrons. The fraction of sp³-hybridized carbons (Fsp3) is 0.286. The number of hydrogen-bond acceptors (Lipinski definition) is 1. The van der Waals surface area contributed by atoms with Crippen molar-refractivity contribution >= 4 is 31.9 Å². The molecule has 0 aliphatic carbocycles. The number of aromatic nitrogens is 1. The highest BCUT2D eigenvalue weighted by molar-refractivity contribution is 9.10. The van der Waals surface area contributed by atoms with E-state index in [1.807, 2.05) is 13.0 Å². The lowest BCUT2D eigenvalue weighted by Crippen LogP contribution is -1.88. The zero-order chi connectivity index (χ0) is 7.56. The Bertz CT molecular complexity index is 235. The van der Waals surface area contributed by atoms with E-state index in [0.717, 1.165) is 15.6 Å². The molecule has 3 heteroatoms. The van der Waals surface area contributed by atoms with Crippen LogP contribution in [0.3, 0.4) is 0 Å². The van der Waals surface area contributed by atoms with Gasteiger partial charge in [-0.25, -0.2) is 4.98 Å². The summed E-state index contributed by atoms with van der Waals surface area (Å²) in [6.07, 6.45) is 0. The second-order valence-electron chi connectivity index (χ2n) is 2.01. The van der Waals surface area contributed by atoms with Gasteiger partial charge in [-0.2, -0.15) is 0 Å². The first-order valence-electron chi connectivity index (χ1n) is 2.92. The van der Waals surface area contributed by atoms with E-state index in [9.17, 15) is 0 Å². The molecule has 0 fully saturated rings. The maximum atomic E-state index is 4.23.